The SMILES string of the molecule is CCc1ccc(C(=O)COC(=O)c2ccc3c(=O)n4c(nc3c2)CCCCC4)s1. The van der Waals surface area contributed by atoms with Crippen molar-refractivity contribution in [2.75, 3.05) is 6.61 Å². The number of thiophene rings is 1. The van der Waals surface area contributed by atoms with Crippen LogP contribution < -0.4 is 5.56 Å². The Morgan fingerprint density at radius 1 is 1.17 bits per heavy atom. The number of esters is 1. The number of aryl methyl sites for hydroxylation is 2. The number of hydrogen-bond acceptors (Lipinski definition) is 6. The van der Waals surface area contributed by atoms with Crippen molar-refractivity contribution in [1.29, 1.82) is 0 Å². The van der Waals surface area contributed by atoms with Crippen molar-refractivity contribution in [3.63, 3.8) is 0 Å². The highest BCUT2D eigenvalue weighted by Gasteiger charge is 2.17. The van der Waals surface area contributed by atoms with Gasteiger partial charge in [-0.2, -0.15) is 0 Å². The van der Waals surface area contributed by atoms with E-state index in [1.807, 2.05) is 13.0 Å². The minimum absolute atomic E-state index is 0.0635. The van der Waals surface area contributed by atoms with Crippen molar-refractivity contribution in [1.82, 2.24) is 9.55 Å². The molecule has 0 fully saturated rings. The zero-order valence-electron chi connectivity index (χ0n) is 16.3. The van der Waals surface area contributed by atoms with Gasteiger partial charge in [0.1, 0.15) is 5.82 Å². The van der Waals surface area contributed by atoms with Crippen molar-refractivity contribution in [2.45, 2.75) is 45.6 Å². The third kappa shape index (κ3) is 4.00. The van der Waals surface area contributed by atoms with Gasteiger partial charge in [-0.25, -0.2) is 9.78 Å². The molecule has 0 radical (unpaired) electrons. The largest absolute Gasteiger partial charge is 0.454 e. The molecule has 4 rings (SSSR count). The Balaban J connectivity index is 1.53. The van der Waals surface area contributed by atoms with E-state index in [2.05, 4.69) is 4.98 Å². The molecular formula is C22H22N2O4S. The molecule has 0 N–H and O–H groups in total. The first-order chi connectivity index (χ1) is 14.1. The third-order valence-corrected chi connectivity index (χ3v) is 6.44. The first-order valence-corrected chi connectivity index (χ1v) is 10.7. The minimum atomic E-state index is -0.593. The van der Waals surface area contributed by atoms with Crippen molar-refractivity contribution in [3.05, 3.63) is 61.8 Å². The van der Waals surface area contributed by atoms with Gasteiger partial charge in [0.25, 0.3) is 5.56 Å². The lowest BCUT2D eigenvalue weighted by atomic mass is 10.1. The maximum Gasteiger partial charge on any atom is 0.338 e. The lowest BCUT2D eigenvalue weighted by Gasteiger charge is -2.10. The summed E-state index contributed by atoms with van der Waals surface area (Å²) < 4.78 is 6.95. The van der Waals surface area contributed by atoms with Gasteiger partial charge >= 0.3 is 5.97 Å². The number of ether oxygens (including phenoxy) is 1. The van der Waals surface area contributed by atoms with Gasteiger partial charge in [0.2, 0.25) is 5.78 Å². The van der Waals surface area contributed by atoms with Gasteiger partial charge in [-0.1, -0.05) is 13.3 Å². The van der Waals surface area contributed by atoms with Gasteiger partial charge in [-0.3, -0.25) is 14.2 Å². The molecule has 0 unspecified atom stereocenters. The van der Waals surface area contributed by atoms with E-state index >= 15 is 0 Å². The molecule has 6 nitrogen and oxygen atoms in total. The van der Waals surface area contributed by atoms with Crippen LogP contribution in [0.4, 0.5) is 0 Å². The van der Waals surface area contributed by atoms with E-state index in [0.29, 0.717) is 22.3 Å². The molecule has 0 spiro atoms. The lowest BCUT2D eigenvalue weighted by Crippen LogP contribution is -2.24. The zero-order chi connectivity index (χ0) is 20.4. The fourth-order valence-corrected chi connectivity index (χ4v) is 4.42. The maximum atomic E-state index is 12.8. The predicted molar refractivity (Wildman–Crippen MR) is 112 cm³/mol. The second-order valence-electron chi connectivity index (χ2n) is 7.15. The average Bonchev–Trinajstić information content (AvgIpc) is 3.10. The average molecular weight is 410 g/mol. The number of ketones is 1. The van der Waals surface area contributed by atoms with Gasteiger partial charge < -0.3 is 4.74 Å². The number of carbonyl (C=O) groups excluding carboxylic acids is 2. The summed E-state index contributed by atoms with van der Waals surface area (Å²) in [6, 6.07) is 8.43. The molecule has 3 aromatic rings. The molecule has 0 saturated carbocycles. The molecule has 150 valence electrons. The fraction of sp³-hybridized carbons (Fsp3) is 0.364. The molecule has 7 heteroatoms. The number of rotatable bonds is 5. The molecule has 0 aliphatic carbocycles. The highest BCUT2D eigenvalue weighted by molar-refractivity contribution is 7.14. The Labute approximate surface area is 172 Å². The number of benzene rings is 1. The number of hydrogen-bond donors (Lipinski definition) is 0. The molecular weight excluding hydrogens is 388 g/mol. The summed E-state index contributed by atoms with van der Waals surface area (Å²) in [5, 5.41) is 0.494. The molecule has 3 heterocycles. The van der Waals surface area contributed by atoms with E-state index in [1.165, 1.54) is 11.3 Å². The molecule has 0 bridgehead atoms. The number of nitrogens with zero attached hydrogens (tertiary/aromatic N) is 2. The quantitative estimate of drug-likeness (QED) is 0.472. The summed E-state index contributed by atoms with van der Waals surface area (Å²) in [6.07, 6.45) is 4.68. The molecule has 1 aromatic carbocycles. The Kier molecular flexibility index (Phi) is 5.58. The fourth-order valence-electron chi connectivity index (χ4n) is 3.55. The van der Waals surface area contributed by atoms with Crippen LogP contribution in [0.5, 0.6) is 0 Å². The zero-order valence-corrected chi connectivity index (χ0v) is 17.1. The van der Waals surface area contributed by atoms with E-state index in [1.54, 1.807) is 28.8 Å². The van der Waals surface area contributed by atoms with Crippen LogP contribution >= 0.6 is 11.3 Å². The van der Waals surface area contributed by atoms with Crippen LogP contribution in [0.2, 0.25) is 0 Å². The van der Waals surface area contributed by atoms with Crippen LogP contribution in [-0.2, 0) is 24.1 Å². The number of carbonyl (C=O) groups is 2. The van der Waals surface area contributed by atoms with E-state index in [9.17, 15) is 14.4 Å². The van der Waals surface area contributed by atoms with E-state index in [4.69, 9.17) is 4.74 Å². The molecule has 0 saturated heterocycles. The smallest absolute Gasteiger partial charge is 0.338 e. The topological polar surface area (TPSA) is 78.3 Å². The molecule has 1 aliphatic rings. The van der Waals surface area contributed by atoms with Crippen molar-refractivity contribution in [2.24, 2.45) is 0 Å². The van der Waals surface area contributed by atoms with Crippen molar-refractivity contribution < 1.29 is 14.3 Å². The first kappa shape index (κ1) is 19.5. The van der Waals surface area contributed by atoms with Gasteiger partial charge in [0, 0.05) is 17.8 Å². The normalized spacial score (nSPS) is 13.7. The summed E-state index contributed by atoms with van der Waals surface area (Å²) in [5.41, 5.74) is 0.720. The summed E-state index contributed by atoms with van der Waals surface area (Å²) in [7, 11) is 0. The summed E-state index contributed by atoms with van der Waals surface area (Å²) in [6.45, 7) is 2.41. The van der Waals surface area contributed by atoms with Crippen LogP contribution in [0.3, 0.4) is 0 Å². The van der Waals surface area contributed by atoms with Crippen molar-refractivity contribution in [3.8, 4) is 0 Å². The second-order valence-corrected chi connectivity index (χ2v) is 8.31. The van der Waals surface area contributed by atoms with Crippen LogP contribution in [0.15, 0.2) is 35.1 Å². The summed E-state index contributed by atoms with van der Waals surface area (Å²) in [5.74, 6) is -0.0417. The molecule has 29 heavy (non-hydrogen) atoms. The number of aromatic nitrogens is 2. The van der Waals surface area contributed by atoms with Crippen LogP contribution in [0, 0.1) is 0 Å². The van der Waals surface area contributed by atoms with Gasteiger partial charge in [-0.05, 0) is 49.6 Å². The third-order valence-electron chi connectivity index (χ3n) is 5.17. The minimum Gasteiger partial charge on any atom is -0.454 e. The molecule has 1 aliphatic heterocycles. The molecule has 0 atom stereocenters. The van der Waals surface area contributed by atoms with Crippen LogP contribution in [0.25, 0.3) is 10.9 Å². The van der Waals surface area contributed by atoms with Crippen LogP contribution in [-0.4, -0.2) is 27.9 Å². The number of fused-ring (bicyclic) bond motifs is 2. The highest BCUT2D eigenvalue weighted by atomic mass is 32.1. The summed E-state index contributed by atoms with van der Waals surface area (Å²) in [4.78, 5) is 43.8. The highest BCUT2D eigenvalue weighted by Crippen LogP contribution is 2.19. The van der Waals surface area contributed by atoms with E-state index < -0.39 is 5.97 Å². The predicted octanol–water partition coefficient (Wildman–Crippen LogP) is 3.79. The van der Waals surface area contributed by atoms with Gasteiger partial charge in [0.05, 0.1) is 21.3 Å². The standard InChI is InChI=1S/C22H22N2O4S/c1-2-15-8-10-19(29-15)18(25)13-28-22(27)14-7-9-16-17(12-14)23-20-6-4-3-5-11-24(20)21(16)26/h7-10,12H,2-6,11,13H2,1H3. The van der Waals surface area contributed by atoms with Crippen LogP contribution in [0.1, 0.15) is 56.9 Å². The Morgan fingerprint density at radius 3 is 2.83 bits per heavy atom. The lowest BCUT2D eigenvalue weighted by molar-refractivity contribution is 0.0476. The van der Waals surface area contributed by atoms with E-state index in [0.717, 1.165) is 42.8 Å². The molecule has 2 aromatic heterocycles. The first-order valence-electron chi connectivity index (χ1n) is 9.89. The van der Waals surface area contributed by atoms with Gasteiger partial charge in [0.15, 0.2) is 6.61 Å². The van der Waals surface area contributed by atoms with Gasteiger partial charge in [-0.15, -0.1) is 11.3 Å². The monoisotopic (exact) mass is 410 g/mol. The summed E-state index contributed by atoms with van der Waals surface area (Å²) >= 11 is 1.42. The number of Topliss-reactive ketones (excluding diaryl/α,β-unsaturated/α-hetero) is 1. The van der Waals surface area contributed by atoms with Crippen molar-refractivity contribution >= 4 is 34.0 Å². The second kappa shape index (κ2) is 8.29. The Hall–Kier alpha value is -2.80. The Morgan fingerprint density at radius 2 is 2.03 bits per heavy atom. The Bertz CT molecular complexity index is 1150. The maximum absolute atomic E-state index is 12.8. The van der Waals surface area contributed by atoms with E-state index in [-0.39, 0.29) is 23.5 Å². The molecule has 0 amide bonds.